The number of thioether (sulfide) groups is 1. The highest BCUT2D eigenvalue weighted by Gasteiger charge is 2.50. The van der Waals surface area contributed by atoms with Crippen LogP contribution in [0, 0.1) is 5.92 Å². The zero-order chi connectivity index (χ0) is 21.8. The van der Waals surface area contributed by atoms with Gasteiger partial charge >= 0.3 is 5.97 Å². The molecule has 0 saturated carbocycles. The Morgan fingerprint density at radius 3 is 2.93 bits per heavy atom. The molecule has 11 nitrogen and oxygen atoms in total. The number of amides is 3. The number of carboxylic acids is 1. The van der Waals surface area contributed by atoms with Crippen LogP contribution >= 0.6 is 23.1 Å². The molecule has 2 aliphatic rings. The summed E-state index contributed by atoms with van der Waals surface area (Å²) >= 11 is 2.36. The van der Waals surface area contributed by atoms with Crippen LogP contribution in [0.1, 0.15) is 19.5 Å². The van der Waals surface area contributed by atoms with Crippen LogP contribution in [0.15, 0.2) is 22.3 Å². The third-order valence-electron chi connectivity index (χ3n) is 4.05. The summed E-state index contributed by atoms with van der Waals surface area (Å²) in [5.74, 6) is -1.75. The van der Waals surface area contributed by atoms with Crippen LogP contribution in [0.25, 0.3) is 0 Å². The zero-order valence-corrected chi connectivity index (χ0v) is 17.7. The molecule has 0 aromatic carbocycles. The van der Waals surface area contributed by atoms with Gasteiger partial charge in [-0.3, -0.25) is 14.4 Å². The van der Waals surface area contributed by atoms with Gasteiger partial charge in [0.1, 0.15) is 23.7 Å². The van der Waals surface area contributed by atoms with E-state index in [2.05, 4.69) is 20.8 Å². The molecule has 0 bridgehead atoms. The minimum absolute atomic E-state index is 0.122. The Balaban J connectivity index is 1.74. The van der Waals surface area contributed by atoms with Crippen LogP contribution in [0.5, 0.6) is 0 Å². The van der Waals surface area contributed by atoms with Crippen molar-refractivity contribution in [2.75, 3.05) is 17.7 Å². The molecule has 1 fully saturated rings. The molecule has 13 heteroatoms. The molecule has 0 aliphatic carbocycles. The first-order valence-electron chi connectivity index (χ1n) is 8.86. The van der Waals surface area contributed by atoms with Crippen LogP contribution in [0.2, 0.25) is 0 Å². The van der Waals surface area contributed by atoms with Gasteiger partial charge in [-0.15, -0.1) is 23.1 Å². The summed E-state index contributed by atoms with van der Waals surface area (Å²) in [4.78, 5) is 57.6. The third kappa shape index (κ3) is 4.62. The Kier molecular flexibility index (Phi) is 6.72. The van der Waals surface area contributed by atoms with E-state index in [0.717, 1.165) is 11.3 Å². The third-order valence-corrected chi connectivity index (χ3v) is 6.15. The molecule has 1 saturated heterocycles. The van der Waals surface area contributed by atoms with E-state index in [0.29, 0.717) is 6.41 Å². The van der Waals surface area contributed by atoms with E-state index in [1.54, 1.807) is 0 Å². The van der Waals surface area contributed by atoms with Crippen LogP contribution in [-0.2, 0) is 24.0 Å². The maximum atomic E-state index is 12.8. The predicted octanol–water partition coefficient (Wildman–Crippen LogP) is 0.457. The molecule has 2 atom stereocenters. The van der Waals surface area contributed by atoms with Gasteiger partial charge in [0.2, 0.25) is 6.41 Å². The van der Waals surface area contributed by atoms with Gasteiger partial charge in [0, 0.05) is 17.3 Å². The van der Waals surface area contributed by atoms with E-state index in [4.69, 9.17) is 9.94 Å². The molecule has 3 rings (SSSR count). The summed E-state index contributed by atoms with van der Waals surface area (Å²) in [5, 5.41) is 19.4. The molecule has 30 heavy (non-hydrogen) atoms. The van der Waals surface area contributed by atoms with Crippen LogP contribution in [0.3, 0.4) is 0 Å². The fraction of sp³-hybridized carbons (Fsp3) is 0.412. The summed E-state index contributed by atoms with van der Waals surface area (Å²) in [6, 6.07) is -0.824. The predicted molar refractivity (Wildman–Crippen MR) is 110 cm³/mol. The number of rotatable bonds is 9. The van der Waals surface area contributed by atoms with Crippen molar-refractivity contribution in [1.82, 2.24) is 15.2 Å². The largest absolute Gasteiger partial charge is 0.478 e. The number of fused-ring (bicyclic) bond motifs is 1. The number of oxime groups is 1. The summed E-state index contributed by atoms with van der Waals surface area (Å²) in [6.07, 6.45) is 1.77. The second-order valence-electron chi connectivity index (χ2n) is 6.79. The molecule has 1 unspecified atom stereocenters. The first-order chi connectivity index (χ1) is 14.3. The first-order valence-corrected chi connectivity index (χ1v) is 10.8. The van der Waals surface area contributed by atoms with Crippen LogP contribution in [-0.4, -0.2) is 68.7 Å². The second-order valence-corrected chi connectivity index (χ2v) is 8.75. The van der Waals surface area contributed by atoms with Crippen molar-refractivity contribution in [2.24, 2.45) is 11.1 Å². The fourth-order valence-corrected chi connectivity index (χ4v) is 4.50. The first kappa shape index (κ1) is 21.8. The number of β-lactam (4-membered cyclic amide) rings is 1. The number of hydrogen-bond donors (Lipinski definition) is 3. The monoisotopic (exact) mass is 453 g/mol. The van der Waals surface area contributed by atoms with Gasteiger partial charge in [0.05, 0.1) is 5.57 Å². The number of hydrogen-bond acceptors (Lipinski definition) is 9. The van der Waals surface area contributed by atoms with Crippen molar-refractivity contribution in [1.29, 1.82) is 0 Å². The normalized spacial score (nSPS) is 20.8. The van der Waals surface area contributed by atoms with E-state index >= 15 is 0 Å². The van der Waals surface area contributed by atoms with E-state index in [1.165, 1.54) is 28.2 Å². The maximum absolute atomic E-state index is 12.8. The lowest BCUT2D eigenvalue weighted by atomic mass is 10.1. The van der Waals surface area contributed by atoms with Gasteiger partial charge in [0.15, 0.2) is 10.8 Å². The second kappa shape index (κ2) is 9.26. The molecule has 0 spiro atoms. The highest BCUT2D eigenvalue weighted by Crippen LogP contribution is 2.36. The summed E-state index contributed by atoms with van der Waals surface area (Å²) in [6.45, 7) is 4.12. The smallest absolute Gasteiger partial charge is 0.333 e. The quantitative estimate of drug-likeness (QED) is 0.211. The molecule has 3 amide bonds. The molecule has 1 aromatic heterocycles. The number of anilines is 1. The number of carbonyl (C=O) groups is 4. The number of thiazole rings is 1. The molecular weight excluding hydrogens is 434 g/mol. The number of aliphatic carboxylic acids is 1. The Bertz CT molecular complexity index is 927. The number of nitrogens with zero attached hydrogens (tertiary/aromatic N) is 3. The summed E-state index contributed by atoms with van der Waals surface area (Å²) in [7, 11) is 0. The Hall–Kier alpha value is -2.93. The van der Waals surface area contributed by atoms with Gasteiger partial charge in [-0.2, -0.15) is 0 Å². The lowest BCUT2D eigenvalue weighted by molar-refractivity contribution is -0.144. The topological polar surface area (TPSA) is 150 Å². The van der Waals surface area contributed by atoms with Gasteiger partial charge < -0.3 is 25.5 Å². The van der Waals surface area contributed by atoms with E-state index < -0.39 is 29.2 Å². The average molecular weight is 454 g/mol. The van der Waals surface area contributed by atoms with Crippen molar-refractivity contribution in [3.63, 3.8) is 0 Å². The van der Waals surface area contributed by atoms with Gasteiger partial charge in [-0.25, -0.2) is 9.78 Å². The molecule has 2 aliphatic heterocycles. The van der Waals surface area contributed by atoms with E-state index in [-0.39, 0.29) is 40.4 Å². The minimum Gasteiger partial charge on any atom is -0.478 e. The SMILES string of the molecule is CC(C)CON=C(C(=O)NC1C(=O)N2C=C(C(=O)O)CS[C@H]12)c1csc(NC=O)n1. The number of aromatic nitrogens is 1. The lowest BCUT2D eigenvalue weighted by Crippen LogP contribution is -2.69. The number of carboxylic acid groups (broad SMARTS) is 1. The summed E-state index contributed by atoms with van der Waals surface area (Å²) in [5.41, 5.74) is 0.190. The molecule has 1 aromatic rings. The Labute approximate surface area is 179 Å². The van der Waals surface area contributed by atoms with Gasteiger partial charge in [-0.1, -0.05) is 19.0 Å². The van der Waals surface area contributed by atoms with Crippen molar-refractivity contribution < 1.29 is 29.1 Å². The lowest BCUT2D eigenvalue weighted by Gasteiger charge is -2.46. The Morgan fingerprint density at radius 2 is 2.27 bits per heavy atom. The van der Waals surface area contributed by atoms with Crippen molar-refractivity contribution >= 4 is 58.1 Å². The highest BCUT2D eigenvalue weighted by molar-refractivity contribution is 8.00. The van der Waals surface area contributed by atoms with Gasteiger partial charge in [-0.05, 0) is 5.92 Å². The van der Waals surface area contributed by atoms with Gasteiger partial charge in [0.25, 0.3) is 11.8 Å². The van der Waals surface area contributed by atoms with E-state index in [9.17, 15) is 19.2 Å². The Morgan fingerprint density at radius 1 is 1.50 bits per heavy atom. The fourth-order valence-electron chi connectivity index (χ4n) is 2.59. The summed E-state index contributed by atoms with van der Waals surface area (Å²) < 4.78 is 0. The molecule has 0 radical (unpaired) electrons. The molecule has 160 valence electrons. The van der Waals surface area contributed by atoms with Crippen LogP contribution in [0.4, 0.5) is 5.13 Å². The molecule has 3 heterocycles. The molecular formula is C17H19N5O6S2. The number of nitrogens with one attached hydrogen (secondary N) is 2. The average Bonchev–Trinajstić information content (AvgIpc) is 3.16. The minimum atomic E-state index is -1.08. The standard InChI is InChI=1S/C17H19N5O6S2/c1-8(2)4-28-21-11(10-6-30-17(19-10)18-7-23)13(24)20-12-14(25)22-3-9(16(26)27)5-29-15(12)22/h3,6-8,12,15H,4-5H2,1-2H3,(H,20,24)(H,26,27)(H,18,19,23)/t12?,15-/m1/s1. The zero-order valence-electron chi connectivity index (χ0n) is 16.0. The highest BCUT2D eigenvalue weighted by atomic mass is 32.2. The molecule has 3 N–H and O–H groups in total. The maximum Gasteiger partial charge on any atom is 0.333 e. The van der Waals surface area contributed by atoms with Crippen molar-refractivity contribution in [2.45, 2.75) is 25.3 Å². The van der Waals surface area contributed by atoms with Crippen molar-refractivity contribution in [3.8, 4) is 0 Å². The van der Waals surface area contributed by atoms with Crippen molar-refractivity contribution in [3.05, 3.63) is 22.8 Å². The number of carbonyl (C=O) groups excluding carboxylic acids is 3. The van der Waals surface area contributed by atoms with Crippen LogP contribution < -0.4 is 10.6 Å². The van der Waals surface area contributed by atoms with E-state index in [1.807, 2.05) is 13.8 Å².